The average molecular weight is 290 g/mol. The lowest BCUT2D eigenvalue weighted by molar-refractivity contribution is 0.521. The van der Waals surface area contributed by atoms with Crippen molar-refractivity contribution in [3.05, 3.63) is 40.1 Å². The Balaban J connectivity index is 0.00000162. The number of aromatic nitrogens is 2. The summed E-state index contributed by atoms with van der Waals surface area (Å²) < 4.78 is 14.7. The van der Waals surface area contributed by atoms with E-state index in [4.69, 9.17) is 0 Å². The van der Waals surface area contributed by atoms with E-state index >= 15 is 0 Å². The Bertz CT molecular complexity index is 481. The molecule has 6 heteroatoms. The third kappa shape index (κ3) is 4.08. The normalized spacial score (nSPS) is 10.7. The van der Waals surface area contributed by atoms with Gasteiger partial charge in [0.1, 0.15) is 0 Å². The minimum atomic E-state index is -0.133. The van der Waals surface area contributed by atoms with Gasteiger partial charge in [-0.15, -0.1) is 23.7 Å². The van der Waals surface area contributed by atoms with Gasteiger partial charge in [0.15, 0.2) is 5.13 Å². The predicted octanol–water partition coefficient (Wildman–Crippen LogP) is 3.38. The fraction of sp³-hybridized carbons (Fsp3) is 0.417. The molecule has 100 valence electrons. The van der Waals surface area contributed by atoms with Crippen LogP contribution in [0.4, 0.5) is 4.39 Å². The van der Waals surface area contributed by atoms with Crippen molar-refractivity contribution in [3.8, 4) is 0 Å². The van der Waals surface area contributed by atoms with Gasteiger partial charge in [0, 0.05) is 30.2 Å². The molecule has 3 nitrogen and oxygen atoms in total. The van der Waals surface area contributed by atoms with Crippen molar-refractivity contribution >= 4 is 23.7 Å². The van der Waals surface area contributed by atoms with E-state index in [1.165, 1.54) is 17.4 Å². The SMILES string of the molecule is CC(C)n1ccc(CNCc2ccc(F)s2)n1.Cl. The third-order valence-corrected chi connectivity index (χ3v) is 3.30. The molecule has 0 aliphatic heterocycles. The van der Waals surface area contributed by atoms with Crippen molar-refractivity contribution in [2.24, 2.45) is 0 Å². The van der Waals surface area contributed by atoms with Crippen LogP contribution in [0.1, 0.15) is 30.5 Å². The number of nitrogens with zero attached hydrogens (tertiary/aromatic N) is 2. The number of rotatable bonds is 5. The van der Waals surface area contributed by atoms with Crippen LogP contribution in [-0.4, -0.2) is 9.78 Å². The Labute approximate surface area is 116 Å². The lowest BCUT2D eigenvalue weighted by atomic mass is 10.4. The molecule has 2 aromatic heterocycles. The maximum atomic E-state index is 12.7. The zero-order valence-corrected chi connectivity index (χ0v) is 12.0. The summed E-state index contributed by atoms with van der Waals surface area (Å²) in [6.07, 6.45) is 1.98. The molecule has 0 saturated carbocycles. The highest BCUT2D eigenvalue weighted by Crippen LogP contribution is 2.13. The number of hydrogen-bond acceptors (Lipinski definition) is 3. The summed E-state index contributed by atoms with van der Waals surface area (Å²) in [5.74, 6) is 0. The van der Waals surface area contributed by atoms with E-state index in [0.29, 0.717) is 19.1 Å². The van der Waals surface area contributed by atoms with E-state index in [-0.39, 0.29) is 17.5 Å². The van der Waals surface area contributed by atoms with Gasteiger partial charge in [-0.2, -0.15) is 9.49 Å². The second kappa shape index (κ2) is 6.87. The van der Waals surface area contributed by atoms with E-state index in [1.54, 1.807) is 6.07 Å². The molecular formula is C12H17ClFN3S. The summed E-state index contributed by atoms with van der Waals surface area (Å²) >= 11 is 1.18. The molecule has 2 aromatic rings. The van der Waals surface area contributed by atoms with Crippen LogP contribution in [0.25, 0.3) is 0 Å². The highest BCUT2D eigenvalue weighted by molar-refractivity contribution is 7.10. The summed E-state index contributed by atoms with van der Waals surface area (Å²) in [5.41, 5.74) is 1.01. The molecule has 0 aliphatic carbocycles. The zero-order valence-electron chi connectivity index (χ0n) is 10.4. The van der Waals surface area contributed by atoms with Crippen LogP contribution in [0.5, 0.6) is 0 Å². The summed E-state index contributed by atoms with van der Waals surface area (Å²) in [4.78, 5) is 1.01. The van der Waals surface area contributed by atoms with Crippen molar-refractivity contribution in [2.75, 3.05) is 0 Å². The second-order valence-corrected chi connectivity index (χ2v) is 5.31. The highest BCUT2D eigenvalue weighted by atomic mass is 35.5. The van der Waals surface area contributed by atoms with Gasteiger partial charge < -0.3 is 5.32 Å². The fourth-order valence-corrected chi connectivity index (χ4v) is 2.22. The van der Waals surface area contributed by atoms with Gasteiger partial charge in [0.25, 0.3) is 0 Å². The topological polar surface area (TPSA) is 29.9 Å². The molecule has 0 aliphatic rings. The van der Waals surface area contributed by atoms with Crippen LogP contribution in [0.15, 0.2) is 24.4 Å². The van der Waals surface area contributed by atoms with Gasteiger partial charge >= 0.3 is 0 Å². The summed E-state index contributed by atoms with van der Waals surface area (Å²) in [6.45, 7) is 5.58. The second-order valence-electron chi connectivity index (χ2n) is 4.19. The summed E-state index contributed by atoms with van der Waals surface area (Å²) in [5, 5.41) is 7.55. The minimum absolute atomic E-state index is 0. The Kier molecular flexibility index (Phi) is 5.78. The van der Waals surface area contributed by atoms with E-state index in [0.717, 1.165) is 10.6 Å². The van der Waals surface area contributed by atoms with Crippen LogP contribution in [0, 0.1) is 5.13 Å². The molecule has 0 saturated heterocycles. The van der Waals surface area contributed by atoms with Crippen LogP contribution < -0.4 is 5.32 Å². The largest absolute Gasteiger partial charge is 0.306 e. The smallest absolute Gasteiger partial charge is 0.176 e. The van der Waals surface area contributed by atoms with Crippen LogP contribution in [0.3, 0.4) is 0 Å². The summed E-state index contributed by atoms with van der Waals surface area (Å²) in [7, 11) is 0. The molecule has 0 unspecified atom stereocenters. The molecule has 0 amide bonds. The maximum Gasteiger partial charge on any atom is 0.176 e. The Morgan fingerprint density at radius 1 is 1.33 bits per heavy atom. The fourth-order valence-electron chi connectivity index (χ4n) is 1.52. The lowest BCUT2D eigenvalue weighted by Gasteiger charge is -2.04. The Morgan fingerprint density at radius 3 is 2.67 bits per heavy atom. The first-order chi connectivity index (χ1) is 8.15. The molecular weight excluding hydrogens is 273 g/mol. The molecule has 0 aromatic carbocycles. The molecule has 0 fully saturated rings. The van der Waals surface area contributed by atoms with E-state index in [2.05, 4.69) is 24.3 Å². The lowest BCUT2D eigenvalue weighted by Crippen LogP contribution is -2.13. The first-order valence-electron chi connectivity index (χ1n) is 5.64. The average Bonchev–Trinajstić information content (AvgIpc) is 2.88. The number of thiophene rings is 1. The first kappa shape index (κ1) is 15.1. The molecule has 0 atom stereocenters. The molecule has 0 bridgehead atoms. The first-order valence-corrected chi connectivity index (χ1v) is 6.46. The quantitative estimate of drug-likeness (QED) is 0.914. The molecule has 1 N–H and O–H groups in total. The predicted molar refractivity (Wildman–Crippen MR) is 74.7 cm³/mol. The molecule has 0 radical (unpaired) electrons. The van der Waals surface area contributed by atoms with Crippen molar-refractivity contribution in [3.63, 3.8) is 0 Å². The van der Waals surface area contributed by atoms with Crippen molar-refractivity contribution in [2.45, 2.75) is 33.0 Å². The molecule has 0 spiro atoms. The molecule has 2 rings (SSSR count). The van der Waals surface area contributed by atoms with Gasteiger partial charge in [-0.1, -0.05) is 0 Å². The van der Waals surface area contributed by atoms with Crippen LogP contribution in [-0.2, 0) is 13.1 Å². The number of halogens is 2. The third-order valence-electron chi connectivity index (χ3n) is 2.43. The van der Waals surface area contributed by atoms with E-state index in [1.807, 2.05) is 16.9 Å². The van der Waals surface area contributed by atoms with Gasteiger partial charge in [-0.05, 0) is 32.0 Å². The monoisotopic (exact) mass is 289 g/mol. The summed E-state index contributed by atoms with van der Waals surface area (Å²) in [6, 6.07) is 5.69. The van der Waals surface area contributed by atoms with Crippen LogP contribution in [0.2, 0.25) is 0 Å². The maximum absolute atomic E-state index is 12.7. The van der Waals surface area contributed by atoms with Crippen molar-refractivity contribution < 1.29 is 4.39 Å². The number of hydrogen-bond donors (Lipinski definition) is 1. The van der Waals surface area contributed by atoms with Gasteiger partial charge in [-0.25, -0.2) is 0 Å². The molecule has 2 heterocycles. The van der Waals surface area contributed by atoms with E-state index < -0.39 is 0 Å². The Morgan fingerprint density at radius 2 is 2.11 bits per heavy atom. The number of nitrogens with one attached hydrogen (secondary N) is 1. The van der Waals surface area contributed by atoms with Gasteiger partial charge in [0.2, 0.25) is 0 Å². The van der Waals surface area contributed by atoms with Gasteiger partial charge in [0.05, 0.1) is 5.69 Å². The standard InChI is InChI=1S/C12H16FN3S.ClH/c1-9(2)16-6-5-10(15-16)7-14-8-11-3-4-12(13)17-11;/h3-6,9,14H,7-8H2,1-2H3;1H. The van der Waals surface area contributed by atoms with Crippen LogP contribution >= 0.6 is 23.7 Å². The highest BCUT2D eigenvalue weighted by Gasteiger charge is 2.02. The van der Waals surface area contributed by atoms with Gasteiger partial charge in [-0.3, -0.25) is 4.68 Å². The Hall–Kier alpha value is -0.910. The van der Waals surface area contributed by atoms with E-state index in [9.17, 15) is 4.39 Å². The zero-order chi connectivity index (χ0) is 12.3. The minimum Gasteiger partial charge on any atom is -0.306 e. The van der Waals surface area contributed by atoms with Crippen molar-refractivity contribution in [1.82, 2.24) is 15.1 Å². The molecule has 18 heavy (non-hydrogen) atoms. The van der Waals surface area contributed by atoms with Crippen molar-refractivity contribution in [1.29, 1.82) is 0 Å².